The third-order valence-corrected chi connectivity index (χ3v) is 3.75. The van der Waals surface area contributed by atoms with Crippen LogP contribution < -0.4 is 10.1 Å². The molecule has 1 amide bonds. The van der Waals surface area contributed by atoms with Crippen molar-refractivity contribution in [1.29, 1.82) is 0 Å². The van der Waals surface area contributed by atoms with Crippen LogP contribution in [0.3, 0.4) is 0 Å². The van der Waals surface area contributed by atoms with E-state index in [0.717, 1.165) is 6.07 Å². The number of carbonyl (C=O) groups excluding carboxylic acids is 1. The van der Waals surface area contributed by atoms with Crippen LogP contribution in [0.5, 0.6) is 5.75 Å². The fourth-order valence-electron chi connectivity index (χ4n) is 1.80. The fraction of sp³-hybridized carbons (Fsp3) is 0.0714. The Balaban J connectivity index is 2.28. The summed E-state index contributed by atoms with van der Waals surface area (Å²) in [6.07, 6.45) is 0. The number of carbonyl (C=O) groups is 1. The Bertz CT molecular complexity index is 773. The van der Waals surface area contributed by atoms with Gasteiger partial charge in [0, 0.05) is 17.7 Å². The Morgan fingerprint density at radius 1 is 1.13 bits per heavy atom. The zero-order valence-electron chi connectivity index (χ0n) is 11.6. The quantitative estimate of drug-likeness (QED) is 0.614. The molecule has 2 rings (SSSR count). The van der Waals surface area contributed by atoms with Gasteiger partial charge in [-0.2, -0.15) is 0 Å². The molecule has 120 valence electrons. The lowest BCUT2D eigenvalue weighted by atomic mass is 10.2. The molecule has 0 saturated carbocycles. The summed E-state index contributed by atoms with van der Waals surface area (Å²) in [5.41, 5.74) is 0.240. The summed E-state index contributed by atoms with van der Waals surface area (Å²) in [4.78, 5) is 22.3. The van der Waals surface area contributed by atoms with Crippen molar-refractivity contribution in [3.05, 3.63) is 61.1 Å². The van der Waals surface area contributed by atoms with Gasteiger partial charge in [-0.3, -0.25) is 14.9 Å². The second-order valence-corrected chi connectivity index (χ2v) is 5.57. The van der Waals surface area contributed by atoms with Crippen molar-refractivity contribution in [3.8, 4) is 5.75 Å². The van der Waals surface area contributed by atoms with Crippen molar-refractivity contribution < 1.29 is 14.5 Å². The standard InChI is InChI=1S/C14H9Cl3N2O4/c1-23-13-10(16)4-7(5-11(13)17)14(20)18-12-3-2-8(19(21)22)6-9(12)15/h2-6H,1H3,(H,18,20). The van der Waals surface area contributed by atoms with E-state index in [1.165, 1.54) is 31.4 Å². The Morgan fingerprint density at radius 2 is 1.74 bits per heavy atom. The van der Waals surface area contributed by atoms with Gasteiger partial charge < -0.3 is 10.1 Å². The molecular weight excluding hydrogens is 367 g/mol. The van der Waals surface area contributed by atoms with Crippen molar-refractivity contribution in [3.63, 3.8) is 0 Å². The smallest absolute Gasteiger partial charge is 0.271 e. The van der Waals surface area contributed by atoms with E-state index in [0.29, 0.717) is 0 Å². The molecular formula is C14H9Cl3N2O4. The van der Waals surface area contributed by atoms with Gasteiger partial charge in [-0.25, -0.2) is 0 Å². The molecule has 0 aliphatic heterocycles. The van der Waals surface area contributed by atoms with E-state index < -0.39 is 10.8 Å². The molecule has 0 unspecified atom stereocenters. The number of ether oxygens (including phenoxy) is 1. The zero-order chi connectivity index (χ0) is 17.1. The van der Waals surface area contributed by atoms with Crippen LogP contribution >= 0.6 is 34.8 Å². The number of benzene rings is 2. The highest BCUT2D eigenvalue weighted by Crippen LogP contribution is 2.34. The number of hydrogen-bond donors (Lipinski definition) is 1. The van der Waals surface area contributed by atoms with Gasteiger partial charge in [0.15, 0.2) is 5.75 Å². The number of non-ortho nitro benzene ring substituents is 1. The number of anilines is 1. The molecule has 23 heavy (non-hydrogen) atoms. The van der Waals surface area contributed by atoms with Crippen molar-refractivity contribution in [2.45, 2.75) is 0 Å². The lowest BCUT2D eigenvalue weighted by Crippen LogP contribution is -2.12. The zero-order valence-corrected chi connectivity index (χ0v) is 13.9. The first-order chi connectivity index (χ1) is 10.8. The molecule has 0 fully saturated rings. The molecule has 9 heteroatoms. The maximum Gasteiger partial charge on any atom is 0.271 e. The molecule has 1 N–H and O–H groups in total. The topological polar surface area (TPSA) is 81.5 Å². The molecule has 0 bridgehead atoms. The van der Waals surface area contributed by atoms with Crippen LogP contribution in [0.15, 0.2) is 30.3 Å². The van der Waals surface area contributed by atoms with E-state index in [1.54, 1.807) is 0 Å². The number of nitro groups is 1. The lowest BCUT2D eigenvalue weighted by molar-refractivity contribution is -0.384. The third kappa shape index (κ3) is 3.85. The predicted molar refractivity (Wildman–Crippen MR) is 89.1 cm³/mol. The van der Waals surface area contributed by atoms with Gasteiger partial charge in [0.1, 0.15) is 0 Å². The van der Waals surface area contributed by atoms with Crippen LogP contribution in [0.2, 0.25) is 15.1 Å². The lowest BCUT2D eigenvalue weighted by Gasteiger charge is -2.10. The van der Waals surface area contributed by atoms with Gasteiger partial charge in [0.2, 0.25) is 0 Å². The fourth-order valence-corrected chi connectivity index (χ4v) is 2.66. The van der Waals surface area contributed by atoms with E-state index in [2.05, 4.69) is 5.32 Å². The summed E-state index contributed by atoms with van der Waals surface area (Å²) in [7, 11) is 1.41. The molecule has 6 nitrogen and oxygen atoms in total. The van der Waals surface area contributed by atoms with Crippen molar-refractivity contribution >= 4 is 52.1 Å². The predicted octanol–water partition coefficient (Wildman–Crippen LogP) is 4.82. The van der Waals surface area contributed by atoms with Gasteiger partial charge in [-0.05, 0) is 18.2 Å². The SMILES string of the molecule is COc1c(Cl)cc(C(=O)Nc2ccc([N+](=O)[O-])cc2Cl)cc1Cl. The second kappa shape index (κ2) is 7.04. The van der Waals surface area contributed by atoms with Crippen LogP contribution in [0.4, 0.5) is 11.4 Å². The normalized spacial score (nSPS) is 10.3. The molecule has 2 aromatic carbocycles. The number of nitrogens with one attached hydrogen (secondary N) is 1. The van der Waals surface area contributed by atoms with Crippen LogP contribution in [0, 0.1) is 10.1 Å². The Kier molecular flexibility index (Phi) is 5.30. The molecule has 2 aromatic rings. The van der Waals surface area contributed by atoms with Gasteiger partial charge in [0.25, 0.3) is 11.6 Å². The average molecular weight is 376 g/mol. The number of methoxy groups -OCH3 is 1. The Morgan fingerprint density at radius 3 is 2.22 bits per heavy atom. The first-order valence-electron chi connectivity index (χ1n) is 6.11. The molecule has 0 aliphatic carbocycles. The minimum Gasteiger partial charge on any atom is -0.494 e. The van der Waals surface area contributed by atoms with Crippen LogP contribution in [0.25, 0.3) is 0 Å². The molecule has 0 atom stereocenters. The number of nitro benzene ring substituents is 1. The minimum absolute atomic E-state index is 0.0401. The van der Waals surface area contributed by atoms with E-state index in [9.17, 15) is 14.9 Å². The van der Waals surface area contributed by atoms with E-state index in [4.69, 9.17) is 39.5 Å². The average Bonchev–Trinajstić information content (AvgIpc) is 2.48. The van der Waals surface area contributed by atoms with Crippen molar-refractivity contribution in [1.82, 2.24) is 0 Å². The van der Waals surface area contributed by atoms with Crippen LogP contribution in [-0.4, -0.2) is 17.9 Å². The summed E-state index contributed by atoms with van der Waals surface area (Å²) in [6, 6.07) is 6.49. The maximum atomic E-state index is 12.2. The summed E-state index contributed by atoms with van der Waals surface area (Å²) >= 11 is 17.9. The highest BCUT2D eigenvalue weighted by atomic mass is 35.5. The molecule has 0 aliphatic rings. The number of hydrogen-bond acceptors (Lipinski definition) is 4. The minimum atomic E-state index is -0.583. The molecule has 0 radical (unpaired) electrons. The molecule has 0 heterocycles. The van der Waals surface area contributed by atoms with E-state index in [-0.39, 0.29) is 37.8 Å². The largest absolute Gasteiger partial charge is 0.494 e. The van der Waals surface area contributed by atoms with E-state index in [1.807, 2.05) is 0 Å². The summed E-state index contributed by atoms with van der Waals surface area (Å²) in [5.74, 6) is -0.259. The summed E-state index contributed by atoms with van der Waals surface area (Å²) < 4.78 is 5.00. The van der Waals surface area contributed by atoms with E-state index >= 15 is 0 Å². The maximum absolute atomic E-state index is 12.2. The second-order valence-electron chi connectivity index (χ2n) is 4.35. The highest BCUT2D eigenvalue weighted by molar-refractivity contribution is 6.38. The molecule has 0 saturated heterocycles. The first kappa shape index (κ1) is 17.3. The molecule has 0 aromatic heterocycles. The monoisotopic (exact) mass is 374 g/mol. The van der Waals surface area contributed by atoms with Crippen LogP contribution in [0.1, 0.15) is 10.4 Å². The first-order valence-corrected chi connectivity index (χ1v) is 7.25. The highest BCUT2D eigenvalue weighted by Gasteiger charge is 2.16. The number of nitrogens with zero attached hydrogens (tertiary/aromatic N) is 1. The van der Waals surface area contributed by atoms with Crippen molar-refractivity contribution in [2.24, 2.45) is 0 Å². The third-order valence-electron chi connectivity index (χ3n) is 2.88. The van der Waals surface area contributed by atoms with Gasteiger partial charge in [0.05, 0.1) is 32.8 Å². The number of amides is 1. The van der Waals surface area contributed by atoms with Crippen molar-refractivity contribution in [2.75, 3.05) is 12.4 Å². The molecule has 0 spiro atoms. The Labute approximate surface area is 146 Å². The summed E-state index contributed by atoms with van der Waals surface area (Å²) in [6.45, 7) is 0. The summed E-state index contributed by atoms with van der Waals surface area (Å²) in [5, 5.41) is 13.6. The van der Waals surface area contributed by atoms with Crippen LogP contribution in [-0.2, 0) is 0 Å². The number of halogens is 3. The van der Waals surface area contributed by atoms with Gasteiger partial charge >= 0.3 is 0 Å². The van der Waals surface area contributed by atoms with Gasteiger partial charge in [-0.1, -0.05) is 34.8 Å². The Hall–Kier alpha value is -2.02. The van der Waals surface area contributed by atoms with Gasteiger partial charge in [-0.15, -0.1) is 0 Å². The number of rotatable bonds is 4.